The van der Waals surface area contributed by atoms with Crippen molar-refractivity contribution in [3.8, 4) is 17.8 Å². The number of nitriles is 1. The SMILES string of the molecule is N#C[C@@H]1C[C@@H]1COc1nc(C(=O)NCC(F)(F)F)nc(N2CCC(COc3cccnc3N)CC2)n1. The summed E-state index contributed by atoms with van der Waals surface area (Å²) in [6.07, 6.45) is -0.855. The Labute approximate surface area is 204 Å². The lowest BCUT2D eigenvalue weighted by Gasteiger charge is -2.32. The van der Waals surface area contributed by atoms with Crippen LogP contribution in [0.25, 0.3) is 0 Å². The first kappa shape index (κ1) is 25.2. The Bertz CT molecular complexity index is 1120. The van der Waals surface area contributed by atoms with Crippen molar-refractivity contribution < 1.29 is 27.4 Å². The summed E-state index contributed by atoms with van der Waals surface area (Å²) >= 11 is 0. The fraction of sp³-hybridized carbons (Fsp3) is 0.545. The lowest BCUT2D eigenvalue weighted by atomic mass is 9.98. The Balaban J connectivity index is 1.40. The second kappa shape index (κ2) is 10.8. The summed E-state index contributed by atoms with van der Waals surface area (Å²) < 4.78 is 49.0. The lowest BCUT2D eigenvalue weighted by molar-refractivity contribution is -0.123. The highest BCUT2D eigenvalue weighted by Gasteiger charge is 2.38. The third-order valence-electron chi connectivity index (χ3n) is 5.94. The van der Waals surface area contributed by atoms with Crippen LogP contribution >= 0.6 is 0 Å². The first-order valence-electron chi connectivity index (χ1n) is 11.4. The first-order valence-corrected chi connectivity index (χ1v) is 11.4. The number of pyridine rings is 1. The quantitative estimate of drug-likeness (QED) is 0.516. The Hall–Kier alpha value is -3.89. The molecule has 0 bridgehead atoms. The molecule has 1 aliphatic heterocycles. The van der Waals surface area contributed by atoms with E-state index in [-0.39, 0.29) is 36.3 Å². The molecule has 1 aliphatic carbocycles. The second-order valence-corrected chi connectivity index (χ2v) is 8.71. The number of amides is 1. The number of aromatic nitrogens is 4. The number of nitrogen functional groups attached to an aromatic ring is 1. The van der Waals surface area contributed by atoms with Gasteiger partial charge in [0, 0.05) is 25.2 Å². The van der Waals surface area contributed by atoms with Crippen molar-refractivity contribution in [3.63, 3.8) is 0 Å². The number of carbonyl (C=O) groups is 1. The maximum absolute atomic E-state index is 12.6. The molecule has 2 aromatic rings. The van der Waals surface area contributed by atoms with Gasteiger partial charge in [0.15, 0.2) is 11.6 Å². The van der Waals surface area contributed by atoms with Gasteiger partial charge in [-0.1, -0.05) is 0 Å². The van der Waals surface area contributed by atoms with E-state index in [2.05, 4.69) is 26.0 Å². The highest BCUT2D eigenvalue weighted by molar-refractivity contribution is 5.90. The molecular weight excluding hydrogens is 481 g/mol. The molecule has 0 unspecified atom stereocenters. The molecule has 1 saturated carbocycles. The Morgan fingerprint density at radius 2 is 2.00 bits per heavy atom. The zero-order valence-corrected chi connectivity index (χ0v) is 19.2. The average Bonchev–Trinajstić information content (AvgIpc) is 3.64. The summed E-state index contributed by atoms with van der Waals surface area (Å²) in [4.78, 5) is 30.4. The number of carbonyl (C=O) groups excluding carboxylic acids is 1. The normalized spacial score (nSPS) is 19.9. The lowest BCUT2D eigenvalue weighted by Crippen LogP contribution is -2.38. The van der Waals surface area contributed by atoms with Gasteiger partial charge in [0.25, 0.3) is 5.91 Å². The molecule has 4 rings (SSSR count). The molecule has 14 heteroatoms. The number of hydrogen-bond acceptors (Lipinski definition) is 10. The van der Waals surface area contributed by atoms with Crippen LogP contribution in [0.15, 0.2) is 18.3 Å². The fourth-order valence-electron chi connectivity index (χ4n) is 3.72. The summed E-state index contributed by atoms with van der Waals surface area (Å²) in [5, 5.41) is 10.7. The van der Waals surface area contributed by atoms with E-state index in [9.17, 15) is 18.0 Å². The van der Waals surface area contributed by atoms with Crippen molar-refractivity contribution in [2.75, 3.05) is 43.5 Å². The van der Waals surface area contributed by atoms with E-state index in [0.29, 0.717) is 37.7 Å². The number of halogens is 3. The van der Waals surface area contributed by atoms with Crippen LogP contribution < -0.4 is 25.4 Å². The number of piperidine rings is 1. The first-order chi connectivity index (χ1) is 17.2. The Morgan fingerprint density at radius 1 is 1.22 bits per heavy atom. The summed E-state index contributed by atoms with van der Waals surface area (Å²) in [7, 11) is 0. The van der Waals surface area contributed by atoms with Crippen LogP contribution in [0.2, 0.25) is 0 Å². The van der Waals surface area contributed by atoms with Crippen LogP contribution in [0.5, 0.6) is 11.8 Å². The minimum absolute atomic E-state index is 0.0299. The number of rotatable bonds is 9. The van der Waals surface area contributed by atoms with Crippen molar-refractivity contribution in [2.24, 2.45) is 17.8 Å². The van der Waals surface area contributed by atoms with Gasteiger partial charge >= 0.3 is 12.2 Å². The molecule has 0 aromatic carbocycles. The van der Waals surface area contributed by atoms with Crippen LogP contribution in [0.3, 0.4) is 0 Å². The molecule has 2 fully saturated rings. The molecule has 36 heavy (non-hydrogen) atoms. The van der Waals surface area contributed by atoms with Crippen molar-refractivity contribution in [2.45, 2.75) is 25.4 Å². The van der Waals surface area contributed by atoms with Gasteiger partial charge in [-0.25, -0.2) is 4.98 Å². The molecule has 1 saturated heterocycles. The van der Waals surface area contributed by atoms with E-state index >= 15 is 0 Å². The highest BCUT2D eigenvalue weighted by Crippen LogP contribution is 2.37. The maximum atomic E-state index is 12.6. The van der Waals surface area contributed by atoms with E-state index < -0.39 is 24.5 Å². The molecular formula is C22H25F3N8O3. The molecule has 2 atom stereocenters. The third kappa shape index (κ3) is 6.83. The molecule has 0 spiro atoms. The van der Waals surface area contributed by atoms with Gasteiger partial charge in [-0.3, -0.25) is 4.79 Å². The summed E-state index contributed by atoms with van der Waals surface area (Å²) in [5.41, 5.74) is 5.81. The topological polar surface area (TPSA) is 152 Å². The number of nitrogens with one attached hydrogen (secondary N) is 1. The predicted molar refractivity (Wildman–Crippen MR) is 120 cm³/mol. The van der Waals surface area contributed by atoms with Gasteiger partial charge in [-0.05, 0) is 37.3 Å². The van der Waals surface area contributed by atoms with Crippen molar-refractivity contribution >= 4 is 17.7 Å². The van der Waals surface area contributed by atoms with Gasteiger partial charge in [-0.2, -0.15) is 33.4 Å². The van der Waals surface area contributed by atoms with Crippen molar-refractivity contribution in [1.29, 1.82) is 5.26 Å². The predicted octanol–water partition coefficient (Wildman–Crippen LogP) is 1.97. The molecule has 192 valence electrons. The maximum Gasteiger partial charge on any atom is 0.405 e. The minimum atomic E-state index is -4.58. The number of hydrogen-bond donors (Lipinski definition) is 2. The number of anilines is 2. The minimum Gasteiger partial charge on any atom is -0.489 e. The van der Waals surface area contributed by atoms with Crippen LogP contribution in [0.4, 0.5) is 24.9 Å². The van der Waals surface area contributed by atoms with E-state index in [4.69, 9.17) is 20.5 Å². The zero-order valence-electron chi connectivity index (χ0n) is 19.2. The second-order valence-electron chi connectivity index (χ2n) is 8.71. The summed E-state index contributed by atoms with van der Waals surface area (Å²) in [5.74, 6) is -0.430. The van der Waals surface area contributed by atoms with Gasteiger partial charge in [0.2, 0.25) is 11.8 Å². The average molecular weight is 506 g/mol. The van der Waals surface area contributed by atoms with E-state index in [1.54, 1.807) is 23.6 Å². The molecule has 0 radical (unpaired) electrons. The van der Waals surface area contributed by atoms with Gasteiger partial charge < -0.3 is 25.4 Å². The molecule has 2 aliphatic rings. The van der Waals surface area contributed by atoms with Crippen LogP contribution in [0, 0.1) is 29.1 Å². The molecule has 1 amide bonds. The van der Waals surface area contributed by atoms with Crippen LogP contribution in [-0.4, -0.2) is 64.9 Å². The fourth-order valence-corrected chi connectivity index (χ4v) is 3.72. The number of ether oxygens (including phenoxy) is 2. The van der Waals surface area contributed by atoms with Gasteiger partial charge in [0.05, 0.1) is 25.2 Å². The summed E-state index contributed by atoms with van der Waals surface area (Å²) in [6, 6.07) is 5.46. The van der Waals surface area contributed by atoms with Gasteiger partial charge in [0.1, 0.15) is 6.54 Å². The van der Waals surface area contributed by atoms with E-state index in [1.165, 1.54) is 0 Å². The monoisotopic (exact) mass is 506 g/mol. The number of alkyl halides is 3. The standard InChI is InChI=1S/C22H25F3N8O3/c23-22(24,25)12-29-19(34)18-30-20(32-21(31-18)36-11-15-8-14(15)9-26)33-6-3-13(4-7-33)10-35-16-2-1-5-28-17(16)27/h1-2,5,13-15H,3-4,6-8,10-12H2,(H2,27,28)(H,29,34)/t14-,15+/m0/s1. The largest absolute Gasteiger partial charge is 0.489 e. The summed E-state index contributed by atoms with van der Waals surface area (Å²) in [6.45, 7) is 0.164. The highest BCUT2D eigenvalue weighted by atomic mass is 19.4. The molecule has 3 heterocycles. The number of nitrogens with two attached hydrogens (primary N) is 1. The Morgan fingerprint density at radius 3 is 2.67 bits per heavy atom. The van der Waals surface area contributed by atoms with Crippen molar-refractivity contribution in [1.82, 2.24) is 25.3 Å². The molecule has 2 aromatic heterocycles. The third-order valence-corrected chi connectivity index (χ3v) is 5.94. The Kier molecular flexibility index (Phi) is 7.56. The van der Waals surface area contributed by atoms with E-state index in [0.717, 1.165) is 12.8 Å². The number of nitrogens with zero attached hydrogens (tertiary/aromatic N) is 6. The molecule has 11 nitrogen and oxygen atoms in total. The van der Waals surface area contributed by atoms with E-state index in [1.807, 2.05) is 4.90 Å². The zero-order chi connectivity index (χ0) is 25.7. The molecule has 3 N–H and O–H groups in total. The smallest absolute Gasteiger partial charge is 0.405 e. The van der Waals surface area contributed by atoms with Crippen LogP contribution in [-0.2, 0) is 0 Å². The van der Waals surface area contributed by atoms with Crippen molar-refractivity contribution in [3.05, 3.63) is 24.2 Å². The van der Waals surface area contributed by atoms with Crippen LogP contribution in [0.1, 0.15) is 29.9 Å². The van der Waals surface area contributed by atoms with Gasteiger partial charge in [-0.15, -0.1) is 0 Å².